The Kier molecular flexibility index (Phi) is 4.42. The van der Waals surface area contributed by atoms with E-state index >= 15 is 0 Å². The highest BCUT2D eigenvalue weighted by Gasteiger charge is 2.35. The van der Waals surface area contributed by atoms with Gasteiger partial charge in [-0.25, -0.2) is 0 Å². The number of ether oxygens (including phenoxy) is 1. The van der Waals surface area contributed by atoms with Gasteiger partial charge in [-0.1, -0.05) is 43.5 Å². The molecule has 2 N–H and O–H groups in total. The van der Waals surface area contributed by atoms with Crippen molar-refractivity contribution < 1.29 is 4.74 Å². The molecule has 1 aliphatic carbocycles. The Hall–Kier alpha value is -0.860. The summed E-state index contributed by atoms with van der Waals surface area (Å²) in [7, 11) is 0. The minimum atomic E-state index is 0.243. The molecule has 20 heavy (non-hydrogen) atoms. The predicted octanol–water partition coefficient (Wildman–Crippen LogP) is 3.74. The molecule has 2 fully saturated rings. The Balaban J connectivity index is 1.95. The van der Waals surface area contributed by atoms with Crippen molar-refractivity contribution in [3.05, 3.63) is 35.4 Å². The van der Waals surface area contributed by atoms with Crippen molar-refractivity contribution in [2.24, 2.45) is 5.73 Å². The maximum absolute atomic E-state index is 6.24. The average Bonchev–Trinajstić information content (AvgIpc) is 2.56. The zero-order chi connectivity index (χ0) is 13.8. The van der Waals surface area contributed by atoms with E-state index in [1.165, 1.54) is 32.1 Å². The lowest BCUT2D eigenvalue weighted by atomic mass is 9.66. The zero-order valence-corrected chi connectivity index (χ0v) is 12.4. The van der Waals surface area contributed by atoms with Crippen LogP contribution in [0.2, 0.25) is 0 Å². The van der Waals surface area contributed by atoms with Crippen molar-refractivity contribution >= 4 is 0 Å². The highest BCUT2D eigenvalue weighted by atomic mass is 16.5. The van der Waals surface area contributed by atoms with E-state index in [9.17, 15) is 0 Å². The van der Waals surface area contributed by atoms with Gasteiger partial charge in [-0.05, 0) is 42.7 Å². The molecule has 0 bridgehead atoms. The van der Waals surface area contributed by atoms with Gasteiger partial charge in [0.25, 0.3) is 0 Å². The Morgan fingerprint density at radius 2 is 1.75 bits per heavy atom. The molecule has 2 aliphatic rings. The van der Waals surface area contributed by atoms with Gasteiger partial charge in [-0.2, -0.15) is 0 Å². The first-order valence-corrected chi connectivity index (χ1v) is 8.23. The topological polar surface area (TPSA) is 35.2 Å². The van der Waals surface area contributed by atoms with E-state index in [2.05, 4.69) is 24.3 Å². The van der Waals surface area contributed by atoms with Crippen LogP contribution in [-0.4, -0.2) is 19.8 Å². The Morgan fingerprint density at radius 3 is 2.45 bits per heavy atom. The van der Waals surface area contributed by atoms with Crippen LogP contribution in [0.3, 0.4) is 0 Å². The van der Waals surface area contributed by atoms with Gasteiger partial charge in [0.2, 0.25) is 0 Å². The Morgan fingerprint density at radius 1 is 1.05 bits per heavy atom. The van der Waals surface area contributed by atoms with Crippen LogP contribution in [0.4, 0.5) is 0 Å². The largest absolute Gasteiger partial charge is 0.381 e. The lowest BCUT2D eigenvalue weighted by Crippen LogP contribution is -2.38. The molecule has 0 aromatic heterocycles. The Bertz CT molecular complexity index is 431. The highest BCUT2D eigenvalue weighted by Crippen LogP contribution is 2.43. The number of benzene rings is 1. The van der Waals surface area contributed by atoms with Crippen LogP contribution < -0.4 is 5.73 Å². The van der Waals surface area contributed by atoms with E-state index in [-0.39, 0.29) is 5.41 Å². The highest BCUT2D eigenvalue weighted by molar-refractivity contribution is 5.38. The molecule has 2 heteroatoms. The van der Waals surface area contributed by atoms with Gasteiger partial charge in [0.05, 0.1) is 0 Å². The summed E-state index contributed by atoms with van der Waals surface area (Å²) in [6.07, 6.45) is 8.91. The molecule has 3 rings (SSSR count). The van der Waals surface area contributed by atoms with Gasteiger partial charge >= 0.3 is 0 Å². The fourth-order valence-electron chi connectivity index (χ4n) is 4.16. The van der Waals surface area contributed by atoms with Crippen molar-refractivity contribution in [2.75, 3.05) is 19.8 Å². The van der Waals surface area contributed by atoms with E-state index in [0.717, 1.165) is 32.6 Å². The molecule has 0 radical (unpaired) electrons. The summed E-state index contributed by atoms with van der Waals surface area (Å²) < 4.78 is 5.53. The zero-order valence-electron chi connectivity index (χ0n) is 12.4. The lowest BCUT2D eigenvalue weighted by Gasteiger charge is -2.40. The molecule has 0 atom stereocenters. The molecule has 0 unspecified atom stereocenters. The first-order valence-electron chi connectivity index (χ1n) is 8.23. The molecule has 1 saturated heterocycles. The second kappa shape index (κ2) is 6.28. The summed E-state index contributed by atoms with van der Waals surface area (Å²) in [4.78, 5) is 0. The van der Waals surface area contributed by atoms with Gasteiger partial charge in [-0.3, -0.25) is 0 Å². The van der Waals surface area contributed by atoms with E-state index in [1.807, 2.05) is 0 Å². The molecule has 2 nitrogen and oxygen atoms in total. The van der Waals surface area contributed by atoms with Crippen LogP contribution in [0.15, 0.2) is 24.3 Å². The second-order valence-electron chi connectivity index (χ2n) is 6.52. The molecule has 1 aliphatic heterocycles. The maximum atomic E-state index is 6.24. The van der Waals surface area contributed by atoms with Crippen molar-refractivity contribution in [3.8, 4) is 0 Å². The first kappa shape index (κ1) is 14.1. The van der Waals surface area contributed by atoms with Crippen LogP contribution in [-0.2, 0) is 10.2 Å². The van der Waals surface area contributed by atoms with Crippen LogP contribution in [0, 0.1) is 0 Å². The van der Waals surface area contributed by atoms with Gasteiger partial charge in [0.15, 0.2) is 0 Å². The average molecular weight is 273 g/mol. The third-order valence-corrected chi connectivity index (χ3v) is 5.39. The van der Waals surface area contributed by atoms with Crippen LogP contribution in [0.25, 0.3) is 0 Å². The summed E-state index contributed by atoms with van der Waals surface area (Å²) in [5, 5.41) is 0. The number of hydrogen-bond donors (Lipinski definition) is 1. The van der Waals surface area contributed by atoms with Gasteiger partial charge in [-0.15, -0.1) is 0 Å². The fourth-order valence-corrected chi connectivity index (χ4v) is 4.16. The van der Waals surface area contributed by atoms with Crippen LogP contribution in [0.1, 0.15) is 62.0 Å². The molecule has 1 aromatic carbocycles. The smallest absolute Gasteiger partial charge is 0.0471 e. The summed E-state index contributed by atoms with van der Waals surface area (Å²) in [6.45, 7) is 2.62. The molecular formula is C18H27NO. The van der Waals surface area contributed by atoms with E-state index < -0.39 is 0 Å². The third-order valence-electron chi connectivity index (χ3n) is 5.39. The summed E-state index contributed by atoms with van der Waals surface area (Å²) in [5.41, 5.74) is 9.60. The van der Waals surface area contributed by atoms with E-state index in [1.54, 1.807) is 11.1 Å². The van der Waals surface area contributed by atoms with E-state index in [0.29, 0.717) is 5.92 Å². The molecular weight excluding hydrogens is 246 g/mol. The van der Waals surface area contributed by atoms with Gasteiger partial charge in [0, 0.05) is 25.2 Å². The lowest BCUT2D eigenvalue weighted by molar-refractivity contribution is 0.0847. The minimum absolute atomic E-state index is 0.243. The fraction of sp³-hybridized carbons (Fsp3) is 0.667. The summed E-state index contributed by atoms with van der Waals surface area (Å²) >= 11 is 0. The number of nitrogens with two attached hydrogens (primary N) is 1. The van der Waals surface area contributed by atoms with Crippen LogP contribution in [0.5, 0.6) is 0 Å². The SMILES string of the molecule is NCC1(c2ccccc2C2CCOCC2)CCCCC1. The first-order chi connectivity index (χ1) is 9.86. The number of hydrogen-bond acceptors (Lipinski definition) is 2. The van der Waals surface area contributed by atoms with Crippen molar-refractivity contribution in [3.63, 3.8) is 0 Å². The van der Waals surface area contributed by atoms with Crippen molar-refractivity contribution in [1.29, 1.82) is 0 Å². The number of rotatable bonds is 3. The van der Waals surface area contributed by atoms with Crippen LogP contribution >= 0.6 is 0 Å². The predicted molar refractivity (Wildman–Crippen MR) is 83.1 cm³/mol. The molecule has 0 amide bonds. The molecule has 0 spiro atoms. The van der Waals surface area contributed by atoms with Crippen molar-refractivity contribution in [2.45, 2.75) is 56.3 Å². The molecule has 1 heterocycles. The molecule has 1 saturated carbocycles. The maximum Gasteiger partial charge on any atom is 0.0471 e. The monoisotopic (exact) mass is 273 g/mol. The van der Waals surface area contributed by atoms with E-state index in [4.69, 9.17) is 10.5 Å². The summed E-state index contributed by atoms with van der Waals surface area (Å²) in [5.74, 6) is 0.672. The normalized spacial score (nSPS) is 23.6. The third kappa shape index (κ3) is 2.64. The van der Waals surface area contributed by atoms with Gasteiger partial charge < -0.3 is 10.5 Å². The van der Waals surface area contributed by atoms with Gasteiger partial charge in [0.1, 0.15) is 0 Å². The Labute approximate surface area is 122 Å². The summed E-state index contributed by atoms with van der Waals surface area (Å²) in [6, 6.07) is 9.09. The molecule has 110 valence electrons. The standard InChI is InChI=1S/C18H27NO/c19-14-18(10-4-1-5-11-18)17-7-3-2-6-16(17)15-8-12-20-13-9-15/h2-3,6-7,15H,1,4-5,8-14,19H2. The molecule has 1 aromatic rings. The minimum Gasteiger partial charge on any atom is -0.381 e. The second-order valence-corrected chi connectivity index (χ2v) is 6.52. The quantitative estimate of drug-likeness (QED) is 0.910. The van der Waals surface area contributed by atoms with Crippen molar-refractivity contribution in [1.82, 2.24) is 0 Å².